The van der Waals surface area contributed by atoms with Gasteiger partial charge in [-0.05, 0) is 49.1 Å². The largest absolute Gasteiger partial charge is 0.327 e. The molecule has 2 unspecified atom stereocenters. The van der Waals surface area contributed by atoms with Crippen LogP contribution in [0.25, 0.3) is 0 Å². The van der Waals surface area contributed by atoms with Gasteiger partial charge in [-0.1, -0.05) is 6.08 Å². The molecule has 2 rings (SSSR count). The Morgan fingerprint density at radius 1 is 1.67 bits per heavy atom. The third kappa shape index (κ3) is 2.32. The Bertz CT molecular complexity index is 329. The smallest absolute Gasteiger partial charge is 0.0111 e. The summed E-state index contributed by atoms with van der Waals surface area (Å²) in [7, 11) is 0. The lowest BCUT2D eigenvalue weighted by atomic mass is 9.81. The summed E-state index contributed by atoms with van der Waals surface area (Å²) in [4.78, 5) is 1.57. The quantitative estimate of drug-likeness (QED) is 0.774. The monoisotopic (exact) mass is 221 g/mol. The summed E-state index contributed by atoms with van der Waals surface area (Å²) in [5, 5.41) is 2.21. The van der Waals surface area contributed by atoms with Crippen molar-refractivity contribution in [3.05, 3.63) is 34.5 Å². The van der Waals surface area contributed by atoms with Crippen molar-refractivity contribution in [1.82, 2.24) is 0 Å². The van der Waals surface area contributed by atoms with E-state index in [1.54, 1.807) is 4.88 Å². The third-order valence-electron chi connectivity index (χ3n) is 3.32. The van der Waals surface area contributed by atoms with Gasteiger partial charge in [0.25, 0.3) is 0 Å². The molecule has 1 heterocycles. The van der Waals surface area contributed by atoms with Gasteiger partial charge in [-0.25, -0.2) is 0 Å². The molecule has 0 fully saturated rings. The van der Waals surface area contributed by atoms with Gasteiger partial charge >= 0.3 is 0 Å². The van der Waals surface area contributed by atoms with Gasteiger partial charge in [0.15, 0.2) is 0 Å². The Morgan fingerprint density at radius 3 is 3.33 bits per heavy atom. The average Bonchev–Trinajstić information content (AvgIpc) is 2.73. The molecule has 0 saturated carbocycles. The van der Waals surface area contributed by atoms with E-state index in [1.807, 2.05) is 17.4 Å². The maximum atomic E-state index is 6.27. The molecule has 15 heavy (non-hydrogen) atoms. The van der Waals surface area contributed by atoms with Crippen molar-refractivity contribution < 1.29 is 0 Å². The first-order valence-electron chi connectivity index (χ1n) is 5.75. The van der Waals surface area contributed by atoms with E-state index in [0.29, 0.717) is 12.0 Å². The number of thiophene rings is 1. The number of nitrogens with two attached hydrogens (primary N) is 1. The Hall–Kier alpha value is -0.600. The molecule has 1 aliphatic rings. The molecule has 1 aromatic rings. The van der Waals surface area contributed by atoms with E-state index >= 15 is 0 Å². The van der Waals surface area contributed by atoms with Crippen LogP contribution in [-0.4, -0.2) is 6.04 Å². The van der Waals surface area contributed by atoms with Crippen molar-refractivity contribution in [2.75, 3.05) is 0 Å². The van der Waals surface area contributed by atoms with Crippen molar-refractivity contribution in [1.29, 1.82) is 0 Å². The number of aryl methyl sites for hydroxylation is 1. The summed E-state index contributed by atoms with van der Waals surface area (Å²) < 4.78 is 0. The lowest BCUT2D eigenvalue weighted by molar-refractivity contribution is 0.447. The minimum atomic E-state index is 0.316. The Labute approximate surface area is 96.0 Å². The zero-order valence-electron chi connectivity index (χ0n) is 9.11. The molecule has 1 nitrogen and oxygen atoms in total. The topological polar surface area (TPSA) is 26.0 Å². The van der Waals surface area contributed by atoms with E-state index in [2.05, 4.69) is 18.0 Å². The first kappa shape index (κ1) is 10.9. The second-order valence-corrected chi connectivity index (χ2v) is 5.33. The highest BCUT2D eigenvalue weighted by Gasteiger charge is 2.25. The number of fused-ring (bicyclic) bond motifs is 1. The predicted molar refractivity (Wildman–Crippen MR) is 67.4 cm³/mol. The van der Waals surface area contributed by atoms with Crippen LogP contribution in [0.1, 0.15) is 42.0 Å². The average molecular weight is 221 g/mol. The minimum Gasteiger partial charge on any atom is -0.327 e. The van der Waals surface area contributed by atoms with Crippen molar-refractivity contribution in [3.8, 4) is 0 Å². The van der Waals surface area contributed by atoms with Gasteiger partial charge in [0.2, 0.25) is 0 Å². The molecule has 2 N–H and O–H groups in total. The summed E-state index contributed by atoms with van der Waals surface area (Å²) in [6.45, 7) is 3.76. The number of hydrogen-bond donors (Lipinski definition) is 1. The van der Waals surface area contributed by atoms with E-state index in [0.717, 1.165) is 12.8 Å². The van der Waals surface area contributed by atoms with E-state index in [9.17, 15) is 0 Å². The molecule has 1 aromatic heterocycles. The van der Waals surface area contributed by atoms with Gasteiger partial charge in [-0.2, -0.15) is 0 Å². The molecular formula is C13H19NS. The van der Waals surface area contributed by atoms with Crippen LogP contribution in [0.4, 0.5) is 0 Å². The molecule has 0 saturated heterocycles. The first-order valence-corrected chi connectivity index (χ1v) is 6.63. The van der Waals surface area contributed by atoms with Crippen LogP contribution in [0.5, 0.6) is 0 Å². The van der Waals surface area contributed by atoms with Gasteiger partial charge in [0.1, 0.15) is 0 Å². The van der Waals surface area contributed by atoms with Gasteiger partial charge in [-0.15, -0.1) is 17.9 Å². The number of rotatable bonds is 4. The van der Waals surface area contributed by atoms with E-state index in [1.165, 1.54) is 24.8 Å². The Kier molecular flexibility index (Phi) is 3.60. The number of hydrogen-bond acceptors (Lipinski definition) is 2. The highest BCUT2D eigenvalue weighted by Crippen LogP contribution is 2.37. The van der Waals surface area contributed by atoms with Crippen LogP contribution in [0.3, 0.4) is 0 Å². The first-order chi connectivity index (χ1) is 7.33. The molecule has 2 atom stereocenters. The lowest BCUT2D eigenvalue weighted by Crippen LogP contribution is -2.30. The molecule has 0 spiro atoms. The summed E-state index contributed by atoms with van der Waals surface area (Å²) in [5.74, 6) is 0.597. The van der Waals surface area contributed by atoms with Crippen LogP contribution >= 0.6 is 11.3 Å². The fourth-order valence-electron chi connectivity index (χ4n) is 2.48. The lowest BCUT2D eigenvalue weighted by Gasteiger charge is -2.27. The molecule has 2 heteroatoms. The third-order valence-corrected chi connectivity index (χ3v) is 4.32. The fraction of sp³-hybridized carbons (Fsp3) is 0.538. The molecule has 0 aliphatic heterocycles. The molecule has 0 aromatic carbocycles. The zero-order valence-corrected chi connectivity index (χ0v) is 9.93. The van der Waals surface area contributed by atoms with Crippen molar-refractivity contribution in [3.63, 3.8) is 0 Å². The van der Waals surface area contributed by atoms with E-state index in [-0.39, 0.29) is 0 Å². The van der Waals surface area contributed by atoms with Crippen LogP contribution in [0, 0.1) is 0 Å². The van der Waals surface area contributed by atoms with Crippen LogP contribution in [0.15, 0.2) is 24.1 Å². The fourth-order valence-corrected chi connectivity index (χ4v) is 3.47. The standard InChI is InChI=1S/C13H19NS/c1-2-3-6-12(14)10-5-4-7-13-11(10)8-9-15-13/h2,8-10,12H,1,3-7,14H2. The molecule has 0 amide bonds. The second-order valence-electron chi connectivity index (χ2n) is 4.33. The summed E-state index contributed by atoms with van der Waals surface area (Å²) in [5.41, 5.74) is 7.80. The summed E-state index contributed by atoms with van der Waals surface area (Å²) >= 11 is 1.89. The normalized spacial score (nSPS) is 22.1. The van der Waals surface area contributed by atoms with Gasteiger partial charge in [0.05, 0.1) is 0 Å². The highest BCUT2D eigenvalue weighted by atomic mass is 32.1. The Morgan fingerprint density at radius 2 is 2.53 bits per heavy atom. The van der Waals surface area contributed by atoms with Crippen molar-refractivity contribution >= 4 is 11.3 Å². The summed E-state index contributed by atoms with van der Waals surface area (Å²) in [6.07, 6.45) is 7.91. The van der Waals surface area contributed by atoms with Gasteiger partial charge < -0.3 is 5.73 Å². The molecule has 82 valence electrons. The van der Waals surface area contributed by atoms with Crippen LogP contribution in [0.2, 0.25) is 0 Å². The Balaban J connectivity index is 2.08. The maximum absolute atomic E-state index is 6.27. The van der Waals surface area contributed by atoms with Gasteiger partial charge in [-0.3, -0.25) is 0 Å². The molecule has 0 bridgehead atoms. The number of allylic oxidation sites excluding steroid dienone is 1. The SMILES string of the molecule is C=CCCC(N)C1CCCc2sccc21. The molecule has 0 radical (unpaired) electrons. The summed E-state index contributed by atoms with van der Waals surface area (Å²) in [6, 6.07) is 2.59. The minimum absolute atomic E-state index is 0.316. The molecule has 1 aliphatic carbocycles. The van der Waals surface area contributed by atoms with Crippen LogP contribution in [-0.2, 0) is 6.42 Å². The van der Waals surface area contributed by atoms with E-state index in [4.69, 9.17) is 5.73 Å². The molecular weight excluding hydrogens is 202 g/mol. The van der Waals surface area contributed by atoms with Crippen LogP contribution < -0.4 is 5.73 Å². The zero-order chi connectivity index (χ0) is 10.7. The van der Waals surface area contributed by atoms with E-state index < -0.39 is 0 Å². The predicted octanol–water partition coefficient (Wildman–Crippen LogP) is 3.46. The van der Waals surface area contributed by atoms with Crippen molar-refractivity contribution in [2.24, 2.45) is 5.73 Å². The van der Waals surface area contributed by atoms with Crippen molar-refractivity contribution in [2.45, 2.75) is 44.1 Å². The maximum Gasteiger partial charge on any atom is 0.0111 e. The highest BCUT2D eigenvalue weighted by molar-refractivity contribution is 7.10. The second kappa shape index (κ2) is 4.95. The van der Waals surface area contributed by atoms with Gasteiger partial charge in [0, 0.05) is 16.8 Å².